The maximum atomic E-state index is 5.00. The molecule has 0 amide bonds. The van der Waals surface area contributed by atoms with E-state index in [-0.39, 0.29) is 0 Å². The van der Waals surface area contributed by atoms with E-state index >= 15 is 0 Å². The lowest BCUT2D eigenvalue weighted by Gasteiger charge is -2.35. The van der Waals surface area contributed by atoms with Crippen molar-refractivity contribution in [2.45, 2.75) is 57.5 Å². The molecule has 4 rings (SSSR count). The first-order chi connectivity index (χ1) is 8.42. The Hall–Kier alpha value is -0.860. The van der Waals surface area contributed by atoms with Crippen molar-refractivity contribution in [1.82, 2.24) is 5.01 Å². The van der Waals surface area contributed by atoms with Crippen molar-refractivity contribution in [3.63, 3.8) is 0 Å². The van der Waals surface area contributed by atoms with E-state index in [1.165, 1.54) is 62.8 Å². The van der Waals surface area contributed by atoms with E-state index in [4.69, 9.17) is 10.1 Å². The molecule has 0 bridgehead atoms. The zero-order chi connectivity index (χ0) is 11.2. The second-order valence-electron chi connectivity index (χ2n) is 6.06. The second kappa shape index (κ2) is 3.82. The Morgan fingerprint density at radius 1 is 1.00 bits per heavy atom. The highest BCUT2D eigenvalue weighted by molar-refractivity contribution is 6.45. The lowest BCUT2D eigenvalue weighted by molar-refractivity contribution is 0.157. The average molecular weight is 231 g/mol. The van der Waals surface area contributed by atoms with Crippen LogP contribution in [0.25, 0.3) is 0 Å². The number of fused-ring (bicyclic) bond motifs is 4. The molecule has 3 heteroatoms. The summed E-state index contributed by atoms with van der Waals surface area (Å²) in [6, 6.07) is 0. The van der Waals surface area contributed by atoms with Gasteiger partial charge in [-0.25, -0.2) is 0 Å². The third kappa shape index (κ3) is 1.54. The van der Waals surface area contributed by atoms with Gasteiger partial charge in [0.2, 0.25) is 0 Å². The van der Waals surface area contributed by atoms with Gasteiger partial charge < -0.3 is 0 Å². The smallest absolute Gasteiger partial charge is 0.137 e. The van der Waals surface area contributed by atoms with E-state index in [9.17, 15) is 0 Å². The van der Waals surface area contributed by atoms with Crippen LogP contribution in [-0.4, -0.2) is 29.1 Å². The van der Waals surface area contributed by atoms with Gasteiger partial charge in [0, 0.05) is 12.5 Å². The Kier molecular flexibility index (Phi) is 2.27. The molecular weight excluding hydrogens is 210 g/mol. The zero-order valence-electron chi connectivity index (χ0n) is 10.4. The Bertz CT molecular complexity index is 385. The lowest BCUT2D eigenvalue weighted by Crippen LogP contribution is -2.40. The third-order valence-corrected chi connectivity index (χ3v) is 5.00. The van der Waals surface area contributed by atoms with E-state index < -0.39 is 0 Å². The SMILES string of the molecule is C1CCC2C3=NN4CCCCC4N=C3CC2C1. The quantitative estimate of drug-likeness (QED) is 0.630. The molecule has 2 saturated carbocycles. The monoisotopic (exact) mass is 231 g/mol. The molecule has 3 unspecified atom stereocenters. The number of hydrazone groups is 1. The molecule has 3 atom stereocenters. The van der Waals surface area contributed by atoms with E-state index in [2.05, 4.69) is 5.01 Å². The predicted molar refractivity (Wildman–Crippen MR) is 69.3 cm³/mol. The van der Waals surface area contributed by atoms with Crippen molar-refractivity contribution in [3.05, 3.63) is 0 Å². The maximum Gasteiger partial charge on any atom is 0.137 e. The molecule has 0 spiro atoms. The van der Waals surface area contributed by atoms with Gasteiger partial charge in [0.25, 0.3) is 0 Å². The summed E-state index contributed by atoms with van der Waals surface area (Å²) in [5, 5.41) is 7.25. The molecule has 17 heavy (non-hydrogen) atoms. The normalized spacial score (nSPS) is 40.0. The van der Waals surface area contributed by atoms with Crippen LogP contribution in [0, 0.1) is 11.8 Å². The van der Waals surface area contributed by atoms with Crippen LogP contribution in [0.5, 0.6) is 0 Å². The van der Waals surface area contributed by atoms with Crippen LogP contribution in [0.2, 0.25) is 0 Å². The summed E-state index contributed by atoms with van der Waals surface area (Å²) in [6.45, 7) is 1.13. The number of aliphatic imine (C=N–C) groups is 1. The molecule has 0 aromatic heterocycles. The molecule has 0 aromatic rings. The van der Waals surface area contributed by atoms with Gasteiger partial charge in [0.15, 0.2) is 0 Å². The van der Waals surface area contributed by atoms with Gasteiger partial charge in [-0.1, -0.05) is 12.8 Å². The van der Waals surface area contributed by atoms with Gasteiger partial charge in [-0.3, -0.25) is 10.0 Å². The molecule has 3 fully saturated rings. The van der Waals surface area contributed by atoms with Crippen LogP contribution < -0.4 is 0 Å². The van der Waals surface area contributed by atoms with Crippen molar-refractivity contribution in [2.75, 3.05) is 6.54 Å². The summed E-state index contributed by atoms with van der Waals surface area (Å²) >= 11 is 0. The molecule has 3 nitrogen and oxygen atoms in total. The van der Waals surface area contributed by atoms with E-state index in [0.29, 0.717) is 6.17 Å². The van der Waals surface area contributed by atoms with Crippen molar-refractivity contribution in [2.24, 2.45) is 21.9 Å². The Balaban J connectivity index is 1.66. The maximum absolute atomic E-state index is 5.00. The van der Waals surface area contributed by atoms with Gasteiger partial charge in [-0.2, -0.15) is 5.10 Å². The summed E-state index contributed by atoms with van der Waals surface area (Å²) in [5.41, 5.74) is 2.76. The minimum absolute atomic E-state index is 0.391. The van der Waals surface area contributed by atoms with Crippen molar-refractivity contribution < 1.29 is 0 Å². The zero-order valence-corrected chi connectivity index (χ0v) is 10.4. The molecule has 92 valence electrons. The van der Waals surface area contributed by atoms with Gasteiger partial charge in [-0.15, -0.1) is 0 Å². The standard InChI is InChI=1S/C14H21N3/c1-2-6-11-10(5-1)9-12-14(11)16-17-8-4-3-7-13(17)15-12/h10-11,13H,1-9H2. The van der Waals surface area contributed by atoms with Crippen LogP contribution in [0.3, 0.4) is 0 Å². The molecule has 2 aliphatic heterocycles. The average Bonchev–Trinajstić information content (AvgIpc) is 2.73. The highest BCUT2D eigenvalue weighted by atomic mass is 15.5. The Morgan fingerprint density at radius 3 is 2.88 bits per heavy atom. The fourth-order valence-electron chi connectivity index (χ4n) is 4.09. The van der Waals surface area contributed by atoms with Crippen LogP contribution in [-0.2, 0) is 0 Å². The van der Waals surface area contributed by atoms with Crippen molar-refractivity contribution in [3.8, 4) is 0 Å². The first-order valence-electron chi connectivity index (χ1n) is 7.34. The molecule has 4 aliphatic rings. The van der Waals surface area contributed by atoms with Gasteiger partial charge in [-0.05, 0) is 44.4 Å². The molecular formula is C14H21N3. The predicted octanol–water partition coefficient (Wildman–Crippen LogP) is 2.82. The molecule has 0 radical (unpaired) electrons. The largest absolute Gasteiger partial charge is 0.272 e. The van der Waals surface area contributed by atoms with Gasteiger partial charge in [0.1, 0.15) is 6.17 Å². The highest BCUT2D eigenvalue weighted by Crippen LogP contribution is 2.41. The Morgan fingerprint density at radius 2 is 1.88 bits per heavy atom. The Labute approximate surface area is 103 Å². The molecule has 2 aliphatic carbocycles. The molecule has 0 N–H and O–H groups in total. The number of rotatable bonds is 0. The summed E-state index contributed by atoms with van der Waals surface area (Å²) in [6.07, 6.45) is 11.1. The van der Waals surface area contributed by atoms with Gasteiger partial charge in [0.05, 0.1) is 11.4 Å². The minimum atomic E-state index is 0.391. The fourth-order valence-corrected chi connectivity index (χ4v) is 4.09. The van der Waals surface area contributed by atoms with Crippen LogP contribution >= 0.6 is 0 Å². The lowest BCUT2D eigenvalue weighted by atomic mass is 9.81. The third-order valence-electron chi connectivity index (χ3n) is 5.00. The number of hydrogen-bond acceptors (Lipinski definition) is 3. The summed E-state index contributed by atoms with van der Waals surface area (Å²) < 4.78 is 0. The van der Waals surface area contributed by atoms with E-state index in [1.807, 2.05) is 0 Å². The van der Waals surface area contributed by atoms with Crippen molar-refractivity contribution in [1.29, 1.82) is 0 Å². The van der Waals surface area contributed by atoms with E-state index in [1.54, 1.807) is 0 Å². The highest BCUT2D eigenvalue weighted by Gasteiger charge is 2.42. The summed E-state index contributed by atoms with van der Waals surface area (Å²) in [7, 11) is 0. The van der Waals surface area contributed by atoms with E-state index in [0.717, 1.165) is 18.4 Å². The first-order valence-corrected chi connectivity index (χ1v) is 7.34. The molecule has 0 aromatic carbocycles. The van der Waals surface area contributed by atoms with Crippen LogP contribution in [0.1, 0.15) is 51.4 Å². The fraction of sp³-hybridized carbons (Fsp3) is 0.857. The van der Waals surface area contributed by atoms with Crippen LogP contribution in [0.15, 0.2) is 10.1 Å². The summed E-state index contributed by atoms with van der Waals surface area (Å²) in [4.78, 5) is 5.00. The number of piperidine rings is 1. The van der Waals surface area contributed by atoms with Crippen molar-refractivity contribution >= 4 is 11.4 Å². The first kappa shape index (κ1) is 10.1. The molecule has 2 heterocycles. The van der Waals surface area contributed by atoms with Crippen LogP contribution in [0.4, 0.5) is 0 Å². The van der Waals surface area contributed by atoms with Gasteiger partial charge >= 0.3 is 0 Å². The summed E-state index contributed by atoms with van der Waals surface area (Å²) in [5.74, 6) is 1.63. The minimum Gasteiger partial charge on any atom is -0.272 e. The number of nitrogens with zero attached hydrogens (tertiary/aromatic N) is 3. The topological polar surface area (TPSA) is 28.0 Å². The molecule has 1 saturated heterocycles. The second-order valence-corrected chi connectivity index (χ2v) is 6.06. The number of hydrogen-bond donors (Lipinski definition) is 0.